The van der Waals surface area contributed by atoms with Crippen LogP contribution in [0.25, 0.3) is 0 Å². The van der Waals surface area contributed by atoms with Crippen molar-refractivity contribution in [3.63, 3.8) is 0 Å². The highest BCUT2D eigenvalue weighted by molar-refractivity contribution is 6.28. The molecule has 0 fully saturated rings. The van der Waals surface area contributed by atoms with Crippen LogP contribution in [0.2, 0.25) is 5.28 Å². The first-order valence-electron chi connectivity index (χ1n) is 5.07. The molecule has 0 aliphatic carbocycles. The highest BCUT2D eigenvalue weighted by atomic mass is 35.5. The predicted molar refractivity (Wildman–Crippen MR) is 62.5 cm³/mol. The minimum absolute atomic E-state index is 0.00303. The van der Waals surface area contributed by atoms with E-state index in [1.807, 2.05) is 26.0 Å². The maximum Gasteiger partial charge on any atom is 0.224 e. The molecule has 0 saturated carbocycles. The number of nitrogens with zero attached hydrogens (tertiary/aromatic N) is 2. The molecule has 1 atom stereocenters. The maximum absolute atomic E-state index is 13.4. The second-order valence-corrected chi connectivity index (χ2v) is 3.99. The molecule has 0 amide bonds. The van der Waals surface area contributed by atoms with E-state index >= 15 is 0 Å². The van der Waals surface area contributed by atoms with Gasteiger partial charge < -0.3 is 9.73 Å². The zero-order chi connectivity index (χ0) is 12.4. The van der Waals surface area contributed by atoms with Gasteiger partial charge in [0.05, 0.1) is 12.2 Å². The van der Waals surface area contributed by atoms with E-state index in [9.17, 15) is 4.39 Å². The average molecular weight is 256 g/mol. The number of aryl methyl sites for hydroxylation is 1. The van der Waals surface area contributed by atoms with Crippen LogP contribution in [0, 0.1) is 12.7 Å². The number of furan rings is 1. The third-order valence-corrected chi connectivity index (χ3v) is 2.44. The molecule has 1 unspecified atom stereocenters. The first kappa shape index (κ1) is 11.9. The van der Waals surface area contributed by atoms with Gasteiger partial charge in [-0.1, -0.05) is 0 Å². The molecule has 17 heavy (non-hydrogen) atoms. The second-order valence-electron chi connectivity index (χ2n) is 3.65. The third kappa shape index (κ3) is 2.74. The van der Waals surface area contributed by atoms with Gasteiger partial charge >= 0.3 is 0 Å². The Morgan fingerprint density at radius 3 is 2.88 bits per heavy atom. The Balaban J connectivity index is 2.18. The van der Waals surface area contributed by atoms with Gasteiger partial charge in [-0.2, -0.15) is 4.98 Å². The molecule has 0 aromatic carbocycles. The van der Waals surface area contributed by atoms with Gasteiger partial charge in [-0.3, -0.25) is 0 Å². The van der Waals surface area contributed by atoms with Gasteiger partial charge in [0, 0.05) is 0 Å². The quantitative estimate of drug-likeness (QED) is 0.855. The Morgan fingerprint density at radius 2 is 2.24 bits per heavy atom. The molecular weight excluding hydrogens is 245 g/mol. The Bertz CT molecular complexity index is 529. The fraction of sp³-hybridized carbons (Fsp3) is 0.273. The van der Waals surface area contributed by atoms with Gasteiger partial charge in [-0.15, -0.1) is 0 Å². The minimum Gasteiger partial charge on any atom is -0.464 e. The van der Waals surface area contributed by atoms with Crippen molar-refractivity contribution in [2.75, 3.05) is 5.32 Å². The summed E-state index contributed by atoms with van der Waals surface area (Å²) in [5.74, 6) is 1.02. The van der Waals surface area contributed by atoms with Crippen molar-refractivity contribution in [1.29, 1.82) is 0 Å². The standard InChI is InChI=1S/C11H11ClFN3O/c1-6-3-4-9(17-6)7(2)15-10-8(13)5-14-11(12)16-10/h3-5,7H,1-2H3,(H,14,15,16). The number of halogens is 2. The molecule has 1 N–H and O–H groups in total. The molecule has 0 radical (unpaired) electrons. The summed E-state index contributed by atoms with van der Waals surface area (Å²) in [4.78, 5) is 7.31. The largest absolute Gasteiger partial charge is 0.464 e. The van der Waals surface area contributed by atoms with Crippen molar-refractivity contribution in [1.82, 2.24) is 9.97 Å². The molecule has 4 nitrogen and oxygen atoms in total. The van der Waals surface area contributed by atoms with Crippen LogP contribution in [0.3, 0.4) is 0 Å². The molecule has 2 rings (SSSR count). The predicted octanol–water partition coefficient (Wildman–Crippen LogP) is 3.34. The van der Waals surface area contributed by atoms with Crippen LogP contribution in [-0.2, 0) is 0 Å². The van der Waals surface area contributed by atoms with Crippen LogP contribution in [0.15, 0.2) is 22.7 Å². The Labute approximate surface area is 103 Å². The van der Waals surface area contributed by atoms with Crippen LogP contribution in [0.4, 0.5) is 10.2 Å². The van der Waals surface area contributed by atoms with Gasteiger partial charge in [-0.25, -0.2) is 9.37 Å². The molecule has 90 valence electrons. The van der Waals surface area contributed by atoms with Gasteiger partial charge in [0.2, 0.25) is 5.28 Å². The first-order valence-corrected chi connectivity index (χ1v) is 5.45. The van der Waals surface area contributed by atoms with Gasteiger partial charge in [0.15, 0.2) is 11.6 Å². The number of hydrogen-bond acceptors (Lipinski definition) is 4. The highest BCUT2D eigenvalue weighted by Gasteiger charge is 2.13. The fourth-order valence-corrected chi connectivity index (χ4v) is 1.54. The molecule has 0 aliphatic rings. The lowest BCUT2D eigenvalue weighted by Crippen LogP contribution is -2.09. The molecular formula is C11H11ClFN3O. The summed E-state index contributed by atoms with van der Waals surface area (Å²) in [7, 11) is 0. The number of anilines is 1. The van der Waals surface area contributed by atoms with Crippen molar-refractivity contribution in [2.24, 2.45) is 0 Å². The third-order valence-electron chi connectivity index (χ3n) is 2.26. The average Bonchev–Trinajstić information content (AvgIpc) is 2.70. The topological polar surface area (TPSA) is 51.0 Å². The van der Waals surface area contributed by atoms with Crippen LogP contribution in [0.5, 0.6) is 0 Å². The van der Waals surface area contributed by atoms with Gasteiger partial charge in [0.25, 0.3) is 0 Å². The van der Waals surface area contributed by atoms with Crippen LogP contribution in [0.1, 0.15) is 24.5 Å². The van der Waals surface area contributed by atoms with E-state index in [0.29, 0.717) is 5.76 Å². The minimum atomic E-state index is -0.551. The van der Waals surface area contributed by atoms with Crippen molar-refractivity contribution >= 4 is 17.4 Å². The normalized spacial score (nSPS) is 12.5. The van der Waals surface area contributed by atoms with Crippen LogP contribution in [-0.4, -0.2) is 9.97 Å². The van der Waals surface area contributed by atoms with Crippen molar-refractivity contribution in [3.8, 4) is 0 Å². The molecule has 6 heteroatoms. The lowest BCUT2D eigenvalue weighted by Gasteiger charge is -2.12. The SMILES string of the molecule is Cc1ccc(C(C)Nc2nc(Cl)ncc2F)o1. The van der Waals surface area contributed by atoms with Crippen molar-refractivity contribution in [2.45, 2.75) is 19.9 Å². The van der Waals surface area contributed by atoms with E-state index in [2.05, 4.69) is 15.3 Å². The van der Waals surface area contributed by atoms with Crippen LogP contribution >= 0.6 is 11.6 Å². The summed E-state index contributed by atoms with van der Waals surface area (Å²) in [6, 6.07) is 3.47. The first-order chi connectivity index (χ1) is 8.06. The summed E-state index contributed by atoms with van der Waals surface area (Å²) < 4.78 is 18.8. The van der Waals surface area contributed by atoms with E-state index in [0.717, 1.165) is 12.0 Å². The second kappa shape index (κ2) is 4.71. The molecule has 2 aromatic heterocycles. The zero-order valence-electron chi connectivity index (χ0n) is 9.37. The molecule has 0 aliphatic heterocycles. The number of hydrogen-bond donors (Lipinski definition) is 1. The Morgan fingerprint density at radius 1 is 1.47 bits per heavy atom. The van der Waals surface area contributed by atoms with E-state index in [-0.39, 0.29) is 17.1 Å². The van der Waals surface area contributed by atoms with Gasteiger partial charge in [0.1, 0.15) is 11.5 Å². The fourth-order valence-electron chi connectivity index (χ4n) is 1.41. The lowest BCUT2D eigenvalue weighted by atomic mass is 10.2. The van der Waals surface area contributed by atoms with Gasteiger partial charge in [-0.05, 0) is 37.6 Å². The number of aromatic nitrogens is 2. The lowest BCUT2D eigenvalue weighted by molar-refractivity contribution is 0.465. The summed E-state index contributed by atoms with van der Waals surface area (Å²) in [5.41, 5.74) is 0. The smallest absolute Gasteiger partial charge is 0.224 e. The number of rotatable bonds is 3. The summed E-state index contributed by atoms with van der Waals surface area (Å²) in [6.07, 6.45) is 1.03. The maximum atomic E-state index is 13.4. The summed E-state index contributed by atoms with van der Waals surface area (Å²) in [5, 5.41) is 2.87. The monoisotopic (exact) mass is 255 g/mol. The molecule has 0 bridgehead atoms. The number of nitrogens with one attached hydrogen (secondary N) is 1. The van der Waals surface area contributed by atoms with E-state index in [4.69, 9.17) is 16.0 Å². The van der Waals surface area contributed by atoms with Crippen LogP contribution < -0.4 is 5.32 Å². The zero-order valence-corrected chi connectivity index (χ0v) is 10.1. The highest BCUT2D eigenvalue weighted by Crippen LogP contribution is 2.22. The molecule has 0 saturated heterocycles. The summed E-state index contributed by atoms with van der Waals surface area (Å²) in [6.45, 7) is 3.69. The summed E-state index contributed by atoms with van der Waals surface area (Å²) >= 11 is 5.60. The van der Waals surface area contributed by atoms with Crippen molar-refractivity contribution < 1.29 is 8.81 Å². The van der Waals surface area contributed by atoms with E-state index in [1.165, 1.54) is 0 Å². The van der Waals surface area contributed by atoms with Crippen molar-refractivity contribution in [3.05, 3.63) is 41.0 Å². The Hall–Kier alpha value is -1.62. The Kier molecular flexibility index (Phi) is 3.28. The molecule has 2 aromatic rings. The van der Waals surface area contributed by atoms with E-state index in [1.54, 1.807) is 0 Å². The van der Waals surface area contributed by atoms with E-state index < -0.39 is 5.82 Å². The molecule has 2 heterocycles. The molecule has 0 spiro atoms.